The molecule has 0 unspecified atom stereocenters. The van der Waals surface area contributed by atoms with Gasteiger partial charge in [0.2, 0.25) is 5.95 Å². The quantitative estimate of drug-likeness (QED) is 0.595. The van der Waals surface area contributed by atoms with E-state index in [1.807, 2.05) is 6.07 Å². The molecule has 0 saturated heterocycles. The van der Waals surface area contributed by atoms with Crippen molar-refractivity contribution in [3.8, 4) is 17.7 Å². The van der Waals surface area contributed by atoms with Crippen molar-refractivity contribution in [3.05, 3.63) is 35.1 Å². The standard InChI is InChI=1S/C16H13ClFN5O4S/c1-26-15-12(27-5-4-18)7-21-16(22-15)23-28(24,25)13-8-20-14-9(13)2-3-11(17)10(14)6-19/h2-3,7-8,20H,4-5H2,1H3,(H,21,22,23). The predicted octanol–water partition coefficient (Wildman–Crippen LogP) is 2.64. The summed E-state index contributed by atoms with van der Waals surface area (Å²) in [4.78, 5) is 10.4. The van der Waals surface area contributed by atoms with Gasteiger partial charge in [-0.25, -0.2) is 22.5 Å². The van der Waals surface area contributed by atoms with Crippen molar-refractivity contribution in [1.82, 2.24) is 15.0 Å². The van der Waals surface area contributed by atoms with Crippen LogP contribution in [0.1, 0.15) is 5.56 Å². The summed E-state index contributed by atoms with van der Waals surface area (Å²) in [5.41, 5.74) is 0.428. The summed E-state index contributed by atoms with van der Waals surface area (Å²) in [6.45, 7) is -0.934. The highest BCUT2D eigenvalue weighted by molar-refractivity contribution is 7.93. The van der Waals surface area contributed by atoms with Crippen molar-refractivity contribution in [1.29, 1.82) is 5.26 Å². The Morgan fingerprint density at radius 2 is 2.21 bits per heavy atom. The number of H-pyrrole nitrogens is 1. The minimum atomic E-state index is -4.10. The molecule has 0 saturated carbocycles. The third kappa shape index (κ3) is 3.64. The molecule has 9 nitrogen and oxygen atoms in total. The Bertz CT molecular complexity index is 1180. The predicted molar refractivity (Wildman–Crippen MR) is 98.9 cm³/mol. The molecule has 2 aromatic heterocycles. The van der Waals surface area contributed by atoms with Gasteiger partial charge in [-0.05, 0) is 12.1 Å². The summed E-state index contributed by atoms with van der Waals surface area (Å²) in [5.74, 6) is -0.254. The first kappa shape index (κ1) is 19.7. The first-order valence-electron chi connectivity index (χ1n) is 7.73. The van der Waals surface area contributed by atoms with Gasteiger partial charge in [0.15, 0.2) is 5.75 Å². The number of aromatic nitrogens is 3. The number of benzene rings is 1. The number of halogens is 2. The Balaban J connectivity index is 1.97. The normalized spacial score (nSPS) is 11.2. The average molecular weight is 426 g/mol. The summed E-state index contributed by atoms with van der Waals surface area (Å²) < 4.78 is 50.1. The van der Waals surface area contributed by atoms with Gasteiger partial charge in [0, 0.05) is 11.6 Å². The number of sulfonamides is 1. The van der Waals surface area contributed by atoms with Gasteiger partial charge in [0.05, 0.1) is 29.4 Å². The molecule has 0 fully saturated rings. The van der Waals surface area contributed by atoms with Crippen LogP contribution in [-0.4, -0.2) is 43.8 Å². The number of anilines is 1. The number of methoxy groups -OCH3 is 1. The Morgan fingerprint density at radius 3 is 2.89 bits per heavy atom. The second-order valence-corrected chi connectivity index (χ2v) is 7.38. The van der Waals surface area contributed by atoms with Gasteiger partial charge in [-0.15, -0.1) is 0 Å². The Morgan fingerprint density at radius 1 is 1.43 bits per heavy atom. The number of nitriles is 1. The van der Waals surface area contributed by atoms with E-state index < -0.39 is 16.7 Å². The van der Waals surface area contributed by atoms with Crippen LogP contribution in [0.25, 0.3) is 10.9 Å². The van der Waals surface area contributed by atoms with Crippen LogP contribution in [0.3, 0.4) is 0 Å². The van der Waals surface area contributed by atoms with Gasteiger partial charge >= 0.3 is 0 Å². The molecule has 2 heterocycles. The van der Waals surface area contributed by atoms with Crippen molar-refractivity contribution in [3.63, 3.8) is 0 Å². The molecule has 0 atom stereocenters. The number of ether oxygens (including phenoxy) is 2. The number of aromatic amines is 1. The van der Waals surface area contributed by atoms with Crippen molar-refractivity contribution in [2.24, 2.45) is 0 Å². The Labute approximate surface area is 164 Å². The van der Waals surface area contributed by atoms with Crippen LogP contribution in [0, 0.1) is 11.3 Å². The molecular weight excluding hydrogens is 413 g/mol. The van der Waals surface area contributed by atoms with E-state index in [9.17, 15) is 18.1 Å². The van der Waals surface area contributed by atoms with E-state index in [0.29, 0.717) is 5.52 Å². The molecule has 3 aromatic rings. The monoisotopic (exact) mass is 425 g/mol. The van der Waals surface area contributed by atoms with Gasteiger partial charge in [0.25, 0.3) is 15.9 Å². The van der Waals surface area contributed by atoms with Gasteiger partial charge < -0.3 is 14.5 Å². The minimum Gasteiger partial charge on any atom is -0.484 e. The van der Waals surface area contributed by atoms with E-state index in [-0.39, 0.29) is 45.1 Å². The fourth-order valence-corrected chi connectivity index (χ4v) is 3.77. The Kier molecular flexibility index (Phi) is 5.53. The van der Waals surface area contributed by atoms with E-state index in [1.54, 1.807) is 0 Å². The number of rotatable bonds is 7. The molecule has 1 aromatic carbocycles. The maximum absolute atomic E-state index is 12.8. The zero-order valence-corrected chi connectivity index (χ0v) is 15.9. The number of nitrogens with one attached hydrogen (secondary N) is 2. The molecule has 0 bridgehead atoms. The zero-order valence-electron chi connectivity index (χ0n) is 14.4. The van der Waals surface area contributed by atoms with Crippen LogP contribution < -0.4 is 14.2 Å². The van der Waals surface area contributed by atoms with E-state index in [0.717, 1.165) is 0 Å². The number of alkyl halides is 1. The molecular formula is C16H13ClFN5O4S. The fraction of sp³-hybridized carbons (Fsp3) is 0.188. The molecule has 0 amide bonds. The third-order valence-corrected chi connectivity index (χ3v) is 5.33. The number of hydrogen-bond acceptors (Lipinski definition) is 7. The molecule has 0 aliphatic heterocycles. The highest BCUT2D eigenvalue weighted by atomic mass is 35.5. The first-order chi connectivity index (χ1) is 13.4. The fourth-order valence-electron chi connectivity index (χ4n) is 2.45. The molecule has 0 spiro atoms. The molecule has 0 radical (unpaired) electrons. The SMILES string of the molecule is COc1nc(NS(=O)(=O)c2c[nH]c3c(C#N)c(Cl)ccc23)ncc1OCCF. The van der Waals surface area contributed by atoms with Gasteiger partial charge in [0.1, 0.15) is 24.2 Å². The summed E-state index contributed by atoms with van der Waals surface area (Å²) in [6, 6.07) is 4.85. The van der Waals surface area contributed by atoms with Crippen LogP contribution in [-0.2, 0) is 10.0 Å². The van der Waals surface area contributed by atoms with E-state index in [1.165, 1.54) is 31.6 Å². The molecule has 146 valence electrons. The second kappa shape index (κ2) is 7.87. The third-order valence-electron chi connectivity index (χ3n) is 3.64. The van der Waals surface area contributed by atoms with Gasteiger partial charge in [-0.2, -0.15) is 10.2 Å². The largest absolute Gasteiger partial charge is 0.484 e. The zero-order chi connectivity index (χ0) is 20.3. The lowest BCUT2D eigenvalue weighted by Crippen LogP contribution is -2.15. The lowest BCUT2D eigenvalue weighted by atomic mass is 10.1. The van der Waals surface area contributed by atoms with Crippen LogP contribution in [0.2, 0.25) is 5.02 Å². The highest BCUT2D eigenvalue weighted by Crippen LogP contribution is 2.31. The van der Waals surface area contributed by atoms with Crippen LogP contribution in [0.5, 0.6) is 11.6 Å². The first-order valence-corrected chi connectivity index (χ1v) is 9.59. The van der Waals surface area contributed by atoms with Gasteiger partial charge in [-0.1, -0.05) is 11.6 Å². The number of nitrogens with zero attached hydrogens (tertiary/aromatic N) is 3. The summed E-state index contributed by atoms with van der Waals surface area (Å²) in [5, 5.41) is 9.70. The van der Waals surface area contributed by atoms with E-state index >= 15 is 0 Å². The number of fused-ring (bicyclic) bond motifs is 1. The average Bonchev–Trinajstić information content (AvgIpc) is 3.11. The molecule has 0 aliphatic rings. The molecule has 3 rings (SSSR count). The molecule has 28 heavy (non-hydrogen) atoms. The van der Waals surface area contributed by atoms with Crippen molar-refractivity contribution >= 4 is 38.5 Å². The van der Waals surface area contributed by atoms with Crippen molar-refractivity contribution in [2.45, 2.75) is 4.90 Å². The second-order valence-electron chi connectivity index (χ2n) is 5.32. The minimum absolute atomic E-state index is 0.0568. The lowest BCUT2D eigenvalue weighted by Gasteiger charge is -2.10. The smallest absolute Gasteiger partial charge is 0.266 e. The maximum atomic E-state index is 12.8. The van der Waals surface area contributed by atoms with Crippen molar-refractivity contribution < 1.29 is 22.3 Å². The summed E-state index contributed by atoms with van der Waals surface area (Å²) in [6.07, 6.45) is 2.41. The van der Waals surface area contributed by atoms with E-state index in [2.05, 4.69) is 19.7 Å². The van der Waals surface area contributed by atoms with Crippen molar-refractivity contribution in [2.75, 3.05) is 25.1 Å². The topological polar surface area (TPSA) is 130 Å². The highest BCUT2D eigenvalue weighted by Gasteiger charge is 2.23. The van der Waals surface area contributed by atoms with Crippen LogP contribution in [0.15, 0.2) is 29.4 Å². The maximum Gasteiger partial charge on any atom is 0.266 e. The van der Waals surface area contributed by atoms with E-state index in [4.69, 9.17) is 21.1 Å². The molecule has 2 N–H and O–H groups in total. The summed E-state index contributed by atoms with van der Waals surface area (Å²) >= 11 is 5.96. The summed E-state index contributed by atoms with van der Waals surface area (Å²) in [7, 11) is -2.80. The lowest BCUT2D eigenvalue weighted by molar-refractivity contribution is 0.256. The van der Waals surface area contributed by atoms with Gasteiger partial charge in [-0.3, -0.25) is 0 Å². The molecule has 0 aliphatic carbocycles. The number of hydrogen-bond donors (Lipinski definition) is 2. The Hall–Kier alpha value is -3.10. The molecule has 12 heteroatoms. The van der Waals surface area contributed by atoms with Crippen LogP contribution >= 0.6 is 11.6 Å². The van der Waals surface area contributed by atoms with Crippen LogP contribution in [0.4, 0.5) is 10.3 Å².